The molecule has 5 nitrogen and oxygen atoms in total. The number of fused-ring (bicyclic) bond motifs is 1. The number of piperidine rings is 1. The molecule has 3 aliphatic rings. The van der Waals surface area contributed by atoms with Crippen molar-refractivity contribution in [1.29, 1.82) is 0 Å². The number of carbonyl (C=O) groups excluding carboxylic acids is 1. The van der Waals surface area contributed by atoms with Crippen LogP contribution in [-0.4, -0.2) is 61.1 Å². The number of likely N-dealkylation sites (tertiary alicyclic amines) is 2. The third-order valence-corrected chi connectivity index (χ3v) is 6.40. The molecule has 1 aromatic rings. The smallest absolute Gasteiger partial charge is 0.251 e. The van der Waals surface area contributed by atoms with Gasteiger partial charge in [0.05, 0.1) is 10.7 Å². The molecule has 8 heteroatoms. The molecule has 2 unspecified atom stereocenters. The second-order valence-corrected chi connectivity index (χ2v) is 8.38. The van der Waals surface area contributed by atoms with Crippen LogP contribution in [0.2, 0.25) is 5.02 Å². The zero-order valence-electron chi connectivity index (χ0n) is 15.0. The normalized spacial score (nSPS) is 27.8. The molecule has 3 saturated heterocycles. The van der Waals surface area contributed by atoms with Gasteiger partial charge in [-0.1, -0.05) is 23.7 Å². The summed E-state index contributed by atoms with van der Waals surface area (Å²) in [6, 6.07) is 5.72. The van der Waals surface area contributed by atoms with Gasteiger partial charge >= 0.3 is 0 Å². The Morgan fingerprint density at radius 3 is 2.37 bits per heavy atom. The molecule has 0 aliphatic carbocycles. The predicted molar refractivity (Wildman–Crippen MR) is 97.1 cm³/mol. The lowest BCUT2D eigenvalue weighted by atomic mass is 10.0. The van der Waals surface area contributed by atoms with E-state index in [0.29, 0.717) is 49.6 Å². The van der Waals surface area contributed by atoms with Gasteiger partial charge in [-0.15, -0.1) is 0 Å². The molecule has 0 saturated carbocycles. The molecule has 2 atom stereocenters. The average molecular weight is 399 g/mol. The van der Waals surface area contributed by atoms with E-state index in [1.807, 2.05) is 23.1 Å². The van der Waals surface area contributed by atoms with Crippen molar-refractivity contribution in [2.75, 3.05) is 44.2 Å². The highest BCUT2D eigenvalue weighted by Crippen LogP contribution is 2.38. The van der Waals surface area contributed by atoms with E-state index in [1.54, 1.807) is 0 Å². The van der Waals surface area contributed by atoms with Crippen LogP contribution in [0.15, 0.2) is 18.2 Å². The fourth-order valence-electron chi connectivity index (χ4n) is 4.71. The molecule has 0 radical (unpaired) electrons. The van der Waals surface area contributed by atoms with Crippen molar-refractivity contribution in [3.05, 3.63) is 28.8 Å². The van der Waals surface area contributed by atoms with Crippen LogP contribution in [0.25, 0.3) is 0 Å². The largest absolute Gasteiger partial charge is 0.530 e. The van der Waals surface area contributed by atoms with Crippen LogP contribution in [0.1, 0.15) is 18.4 Å². The van der Waals surface area contributed by atoms with Crippen LogP contribution < -0.4 is 10.0 Å². The van der Waals surface area contributed by atoms with E-state index in [1.165, 1.54) is 4.90 Å². The van der Waals surface area contributed by atoms with E-state index < -0.39 is 12.0 Å². The summed E-state index contributed by atoms with van der Waals surface area (Å²) in [7, 11) is 0. The Morgan fingerprint density at radius 1 is 1.15 bits per heavy atom. The summed E-state index contributed by atoms with van der Waals surface area (Å²) >= 11 is 6.44. The quantitative estimate of drug-likeness (QED) is 0.783. The second-order valence-electron chi connectivity index (χ2n) is 7.98. The van der Waals surface area contributed by atoms with Gasteiger partial charge in [0.25, 0.3) is 5.92 Å². The molecule has 0 bridgehead atoms. The molecular weight excluding hydrogens is 376 g/mol. The van der Waals surface area contributed by atoms with Crippen molar-refractivity contribution in [2.45, 2.75) is 25.3 Å². The summed E-state index contributed by atoms with van der Waals surface area (Å²) in [5.74, 6) is -1.92. The minimum absolute atomic E-state index is 0.148. The Hall–Kier alpha value is -1.60. The lowest BCUT2D eigenvalue weighted by Crippen LogP contribution is -2.41. The van der Waals surface area contributed by atoms with Gasteiger partial charge < -0.3 is 19.7 Å². The predicted octanol–water partition coefficient (Wildman–Crippen LogP) is 2.28. The molecule has 3 fully saturated rings. The summed E-state index contributed by atoms with van der Waals surface area (Å²) in [5.41, 5.74) is 1.91. The number of para-hydroxylation sites is 1. The van der Waals surface area contributed by atoms with Crippen LogP contribution in [0.3, 0.4) is 0 Å². The van der Waals surface area contributed by atoms with Crippen LogP contribution >= 0.6 is 11.6 Å². The van der Waals surface area contributed by atoms with Gasteiger partial charge in [0.15, 0.2) is 0 Å². The molecule has 27 heavy (non-hydrogen) atoms. The number of halogens is 3. The molecule has 1 aromatic carbocycles. The van der Waals surface area contributed by atoms with Gasteiger partial charge in [0.1, 0.15) is 6.09 Å². The van der Waals surface area contributed by atoms with Crippen molar-refractivity contribution < 1.29 is 18.7 Å². The molecule has 0 spiro atoms. The molecule has 0 N–H and O–H groups in total. The number of anilines is 1. The van der Waals surface area contributed by atoms with E-state index in [0.717, 1.165) is 24.3 Å². The SMILES string of the molecule is O=C([O-])N1CC2CN(Cc3cccc(Cl)c3N3CCC(F)(F)CC3)CC2C1. The Kier molecular flexibility index (Phi) is 4.93. The first-order valence-corrected chi connectivity index (χ1v) is 9.78. The number of carboxylic acid groups (broad SMARTS) is 1. The first-order valence-electron chi connectivity index (χ1n) is 9.41. The highest BCUT2D eigenvalue weighted by Gasteiger charge is 2.40. The van der Waals surface area contributed by atoms with Crippen molar-refractivity contribution in [1.82, 2.24) is 9.80 Å². The lowest BCUT2D eigenvalue weighted by Gasteiger charge is -2.35. The second kappa shape index (κ2) is 7.09. The van der Waals surface area contributed by atoms with Crippen LogP contribution in [0, 0.1) is 11.8 Å². The standard InChI is InChI=1S/C19H24ClF2N3O2/c20-16-3-1-2-13(17(16)24-6-4-19(21,22)5-7-24)8-23-9-14-11-25(18(26)27)12-15(14)10-23/h1-3,14-15H,4-12H2,(H,26,27)/p-1. The fourth-order valence-corrected chi connectivity index (χ4v) is 5.02. The van der Waals surface area contributed by atoms with Crippen LogP contribution in [0.5, 0.6) is 0 Å². The van der Waals surface area contributed by atoms with Gasteiger partial charge in [-0.3, -0.25) is 4.90 Å². The van der Waals surface area contributed by atoms with E-state index >= 15 is 0 Å². The number of carbonyl (C=O) groups is 1. The average Bonchev–Trinajstić information content (AvgIpc) is 3.14. The van der Waals surface area contributed by atoms with Crippen LogP contribution in [-0.2, 0) is 6.54 Å². The van der Waals surface area contributed by atoms with E-state index in [9.17, 15) is 18.7 Å². The van der Waals surface area contributed by atoms with Crippen molar-refractivity contribution in [2.24, 2.45) is 11.8 Å². The maximum absolute atomic E-state index is 13.5. The molecule has 4 rings (SSSR count). The number of hydrogen-bond donors (Lipinski definition) is 0. The van der Waals surface area contributed by atoms with Gasteiger partial charge in [-0.05, 0) is 23.5 Å². The van der Waals surface area contributed by atoms with Gasteiger partial charge in [0, 0.05) is 58.7 Å². The number of rotatable bonds is 3. The highest BCUT2D eigenvalue weighted by molar-refractivity contribution is 6.33. The Morgan fingerprint density at radius 2 is 1.78 bits per heavy atom. The monoisotopic (exact) mass is 398 g/mol. The van der Waals surface area contributed by atoms with Gasteiger partial charge in [-0.2, -0.15) is 0 Å². The molecule has 1 amide bonds. The minimum atomic E-state index is -2.59. The van der Waals surface area contributed by atoms with Gasteiger partial charge in [0.2, 0.25) is 0 Å². The summed E-state index contributed by atoms with van der Waals surface area (Å²) in [4.78, 5) is 16.7. The number of alkyl halides is 2. The van der Waals surface area contributed by atoms with Gasteiger partial charge in [-0.25, -0.2) is 8.78 Å². The summed E-state index contributed by atoms with van der Waals surface area (Å²) < 4.78 is 27.0. The number of hydrogen-bond acceptors (Lipinski definition) is 4. The third kappa shape index (κ3) is 3.85. The summed E-state index contributed by atoms with van der Waals surface area (Å²) in [5, 5.41) is 11.6. The van der Waals surface area contributed by atoms with Crippen molar-refractivity contribution in [3.8, 4) is 0 Å². The van der Waals surface area contributed by atoms with E-state index in [2.05, 4.69) is 4.90 Å². The van der Waals surface area contributed by atoms with Crippen LogP contribution in [0.4, 0.5) is 19.3 Å². The summed E-state index contributed by atoms with van der Waals surface area (Å²) in [6.45, 7) is 4.03. The minimum Gasteiger partial charge on any atom is -0.530 e. The maximum Gasteiger partial charge on any atom is 0.251 e. The molecule has 0 aromatic heterocycles. The first-order chi connectivity index (χ1) is 12.8. The zero-order valence-corrected chi connectivity index (χ0v) is 15.8. The Balaban J connectivity index is 1.45. The Labute approximate surface area is 162 Å². The van der Waals surface area contributed by atoms with Crippen molar-refractivity contribution >= 4 is 23.4 Å². The third-order valence-electron chi connectivity index (χ3n) is 6.10. The summed E-state index contributed by atoms with van der Waals surface area (Å²) in [6.07, 6.45) is -1.38. The lowest BCUT2D eigenvalue weighted by molar-refractivity contribution is -0.264. The maximum atomic E-state index is 13.5. The topological polar surface area (TPSA) is 49.9 Å². The fraction of sp³-hybridized carbons (Fsp3) is 0.632. The molecule has 3 heterocycles. The molecular formula is C19H23ClF2N3O2-. The zero-order chi connectivity index (χ0) is 19.2. The van der Waals surface area contributed by atoms with Crippen molar-refractivity contribution in [3.63, 3.8) is 0 Å². The van der Waals surface area contributed by atoms with E-state index in [4.69, 9.17) is 11.6 Å². The number of nitrogens with zero attached hydrogens (tertiary/aromatic N) is 3. The molecule has 3 aliphatic heterocycles. The number of amides is 1. The Bertz CT molecular complexity index is 709. The molecule has 148 valence electrons. The highest BCUT2D eigenvalue weighted by atomic mass is 35.5. The first kappa shape index (κ1) is 18.7. The van der Waals surface area contributed by atoms with E-state index in [-0.39, 0.29) is 12.8 Å². The number of benzene rings is 1.